The first-order valence-electron chi connectivity index (χ1n) is 13.1. The van der Waals surface area contributed by atoms with Crippen LogP contribution in [-0.2, 0) is 43.9 Å². The molecule has 7 rings (SSSR count). The maximum absolute atomic E-state index is 16.0. The number of aliphatic imine (C=N–C) groups is 1. The highest BCUT2D eigenvalue weighted by Crippen LogP contribution is 2.54. The van der Waals surface area contributed by atoms with E-state index in [9.17, 15) is 14.3 Å². The number of imidazole rings is 2. The number of aromatic nitrogens is 6. The quantitative estimate of drug-likeness (QED) is 0.167. The number of nitrogen functional groups attached to an aromatic ring is 1. The molecule has 10 atom stereocenters. The lowest BCUT2D eigenvalue weighted by atomic mass is 10.1. The molecule has 4 aliphatic rings. The molecule has 3 saturated heterocycles. The Balaban J connectivity index is 1.16. The van der Waals surface area contributed by atoms with Crippen molar-refractivity contribution in [2.45, 2.75) is 49.2 Å². The van der Waals surface area contributed by atoms with Gasteiger partial charge in [0.25, 0.3) is 13.0 Å². The molecular weight excluding hydrogens is 667 g/mol. The Morgan fingerprint density at radius 3 is 2.42 bits per heavy atom. The molecular formula is C20H23BF2N10O9P2S. The molecule has 45 heavy (non-hydrogen) atoms. The summed E-state index contributed by atoms with van der Waals surface area (Å²) in [6.45, 7) is -5.58. The fraction of sp³-hybridized carbons (Fsp3) is 0.550. The van der Waals surface area contributed by atoms with Crippen molar-refractivity contribution in [2.24, 2.45) is 10.7 Å². The molecule has 0 aromatic carbocycles. The molecule has 0 bridgehead atoms. The Morgan fingerprint density at radius 2 is 1.69 bits per heavy atom. The zero-order valence-electron chi connectivity index (χ0n) is 22.6. The van der Waals surface area contributed by atoms with Gasteiger partial charge < -0.3 is 44.7 Å². The van der Waals surface area contributed by atoms with Crippen molar-refractivity contribution in [1.82, 2.24) is 29.1 Å². The Hall–Kier alpha value is -2.85. The number of rotatable bonds is 2. The molecule has 2 unspecified atom stereocenters. The topological polar surface area (TPSA) is 250 Å². The number of nitrogens with zero attached hydrogens (tertiary/aromatic N) is 6. The van der Waals surface area contributed by atoms with E-state index in [1.165, 1.54) is 10.9 Å². The number of nitrogens with one attached hydrogen (secondary N) is 2. The molecule has 0 saturated carbocycles. The third kappa shape index (κ3) is 5.50. The highest BCUT2D eigenvalue weighted by atomic mass is 32.5. The number of hydrogen-bond acceptors (Lipinski definition) is 16. The van der Waals surface area contributed by atoms with Gasteiger partial charge in [-0.05, 0) is 11.8 Å². The minimum absolute atomic E-state index is 0.0976. The number of fused-ring (bicyclic) bond motifs is 4. The van der Waals surface area contributed by atoms with E-state index in [1.54, 1.807) is 0 Å². The third-order valence-electron chi connectivity index (χ3n) is 7.41. The van der Waals surface area contributed by atoms with Crippen molar-refractivity contribution >= 4 is 62.3 Å². The first kappa shape index (κ1) is 30.8. The van der Waals surface area contributed by atoms with E-state index in [0.717, 1.165) is 10.9 Å². The maximum Gasteiger partial charge on any atom is 0.325 e. The van der Waals surface area contributed by atoms with E-state index in [4.69, 9.17) is 58.4 Å². The second kappa shape index (κ2) is 11.1. The van der Waals surface area contributed by atoms with Crippen molar-refractivity contribution in [2.75, 3.05) is 30.9 Å². The number of alkyl halides is 2. The van der Waals surface area contributed by atoms with Gasteiger partial charge in [0.2, 0.25) is 13.5 Å². The number of hydrogen-bond donors (Lipinski definition) is 5. The Bertz CT molecular complexity index is 1850. The summed E-state index contributed by atoms with van der Waals surface area (Å²) < 4.78 is 80.9. The minimum atomic E-state index is -4.61. The summed E-state index contributed by atoms with van der Waals surface area (Å²) in [7, 11) is 1.21. The zero-order chi connectivity index (χ0) is 31.8. The summed E-state index contributed by atoms with van der Waals surface area (Å²) in [6, 6.07) is 0. The number of H-pyrrole nitrogens is 1. The van der Waals surface area contributed by atoms with Crippen LogP contribution in [0.2, 0.25) is 0 Å². The zero-order valence-corrected chi connectivity index (χ0v) is 25.2. The Kier molecular flexibility index (Phi) is 7.63. The summed E-state index contributed by atoms with van der Waals surface area (Å²) >= 11 is 5.14. The van der Waals surface area contributed by atoms with Crippen LogP contribution in [0.5, 0.6) is 0 Å². The van der Waals surface area contributed by atoms with Gasteiger partial charge in [-0.2, -0.15) is 4.98 Å². The molecule has 0 amide bonds. The molecule has 3 aromatic heterocycles. The number of anilines is 2. The van der Waals surface area contributed by atoms with Crippen LogP contribution in [0.3, 0.4) is 0 Å². The number of nitrogens with two attached hydrogens (primary N) is 2. The maximum atomic E-state index is 16.0. The standard InChI is InChI=1S/C20H23BF2N10O9P2S/c21-43(35)37-1-6-13(9(23)18(39-6)32-4-28-10-14(24)26-3-27-15(10)32)42-44(36,45)38-2-7-12(41-43)8(22)19(40-7)33-5-29-11-16(33)30-20(25)31-17(11)34/h4-9,12-13,18-19,27H,1-3H2,(H2,24,26)(H,36,45)(H3,25,30,31,34)/t6-,7-,8-,9-,12-,13-,18-,19-,43?,44?/m1/s1. The average molecular weight is 690 g/mol. The van der Waals surface area contributed by atoms with Crippen molar-refractivity contribution in [3.8, 4) is 0 Å². The van der Waals surface area contributed by atoms with Gasteiger partial charge in [0.15, 0.2) is 36.0 Å². The highest BCUT2D eigenvalue weighted by Gasteiger charge is 2.54. The lowest BCUT2D eigenvalue weighted by Gasteiger charge is -2.29. The molecule has 7 N–H and O–H groups in total. The van der Waals surface area contributed by atoms with Crippen LogP contribution in [0.1, 0.15) is 18.1 Å². The normalized spacial score (nSPS) is 38.8. The molecule has 25 heteroatoms. The monoisotopic (exact) mass is 690 g/mol. The van der Waals surface area contributed by atoms with Crippen LogP contribution in [0.4, 0.5) is 20.5 Å². The SMILES string of the molecule is [B]P1(=O)OC[C@H]2O[C@@H](n3cnc4c3NCN=C4N)[C@H](F)[C@@H]2OP(O)(=S)OC[C@H]2O[C@@H](n3cnc4c(=O)[nH]c(N)nc43)[C@H](F)[C@@H]2O1. The largest absolute Gasteiger partial charge is 0.382 e. The van der Waals surface area contributed by atoms with E-state index in [0.29, 0.717) is 5.82 Å². The van der Waals surface area contributed by atoms with Gasteiger partial charge in [0.05, 0.1) is 25.9 Å². The van der Waals surface area contributed by atoms with Crippen molar-refractivity contribution in [3.63, 3.8) is 0 Å². The Morgan fingerprint density at radius 1 is 1.04 bits per heavy atom. The van der Waals surface area contributed by atoms with Crippen LogP contribution in [-0.4, -0.2) is 104 Å². The molecule has 240 valence electrons. The van der Waals surface area contributed by atoms with E-state index in [2.05, 4.69) is 30.2 Å². The average Bonchev–Trinajstić information content (AvgIpc) is 3.72. The lowest BCUT2D eigenvalue weighted by Crippen LogP contribution is -2.37. The van der Waals surface area contributed by atoms with Crippen LogP contribution < -0.4 is 22.3 Å². The summed E-state index contributed by atoms with van der Waals surface area (Å²) in [4.78, 5) is 41.5. The predicted molar refractivity (Wildman–Crippen MR) is 153 cm³/mol. The van der Waals surface area contributed by atoms with Gasteiger partial charge in [-0.3, -0.25) is 28.0 Å². The molecule has 7 heterocycles. The van der Waals surface area contributed by atoms with Gasteiger partial charge in [-0.25, -0.2) is 23.7 Å². The van der Waals surface area contributed by atoms with E-state index >= 15 is 8.78 Å². The fourth-order valence-corrected chi connectivity index (χ4v) is 7.85. The number of ether oxygens (including phenoxy) is 2. The van der Waals surface area contributed by atoms with Crippen molar-refractivity contribution in [1.29, 1.82) is 0 Å². The minimum Gasteiger partial charge on any atom is -0.382 e. The summed E-state index contributed by atoms with van der Waals surface area (Å²) in [5, 5.41) is 2.93. The van der Waals surface area contributed by atoms with Crippen molar-refractivity contribution < 1.29 is 45.8 Å². The van der Waals surface area contributed by atoms with Gasteiger partial charge in [0, 0.05) is 0 Å². The van der Waals surface area contributed by atoms with Gasteiger partial charge >= 0.3 is 6.72 Å². The molecule has 4 aliphatic heterocycles. The lowest BCUT2D eigenvalue weighted by molar-refractivity contribution is -0.0568. The first-order valence-corrected chi connectivity index (χ1v) is 17.3. The van der Waals surface area contributed by atoms with Crippen LogP contribution in [0, 0.1) is 0 Å². The fourth-order valence-electron chi connectivity index (χ4n) is 5.41. The van der Waals surface area contributed by atoms with Gasteiger partial charge in [-0.1, -0.05) is 0 Å². The van der Waals surface area contributed by atoms with Gasteiger partial charge in [-0.15, -0.1) is 0 Å². The van der Waals surface area contributed by atoms with Crippen LogP contribution >= 0.6 is 14.2 Å². The van der Waals surface area contributed by atoms with Crippen molar-refractivity contribution in [3.05, 3.63) is 28.7 Å². The van der Waals surface area contributed by atoms with E-state index in [-0.39, 0.29) is 35.3 Å². The smallest absolute Gasteiger partial charge is 0.325 e. The summed E-state index contributed by atoms with van der Waals surface area (Å²) in [6.07, 6.45) is -10.9. The molecule has 0 spiro atoms. The van der Waals surface area contributed by atoms with E-state index < -0.39 is 82.2 Å². The molecule has 2 radical (unpaired) electrons. The highest BCUT2D eigenvalue weighted by molar-refractivity contribution is 8.07. The number of aromatic amines is 1. The van der Waals surface area contributed by atoms with Crippen LogP contribution in [0.25, 0.3) is 11.2 Å². The third-order valence-corrected chi connectivity index (χ3v) is 10.0. The van der Waals surface area contributed by atoms with Crippen LogP contribution in [0.15, 0.2) is 22.4 Å². The van der Waals surface area contributed by atoms with Gasteiger partial charge in [0.1, 0.15) is 48.4 Å². The number of amidine groups is 1. The second-order valence-electron chi connectivity index (χ2n) is 10.3. The predicted octanol–water partition coefficient (Wildman–Crippen LogP) is -0.532. The second-order valence-corrected chi connectivity index (χ2v) is 14.6. The summed E-state index contributed by atoms with van der Waals surface area (Å²) in [5.74, 6) is 0.163. The molecule has 19 nitrogen and oxygen atoms in total. The Labute approximate surface area is 256 Å². The summed E-state index contributed by atoms with van der Waals surface area (Å²) in [5.41, 5.74) is 10.8. The number of halogens is 2. The van der Waals surface area contributed by atoms with E-state index in [1.807, 2.05) is 0 Å². The molecule has 3 aromatic rings. The molecule has 3 fully saturated rings. The first-order chi connectivity index (χ1) is 21.3. The molecule has 0 aliphatic carbocycles.